The van der Waals surface area contributed by atoms with Crippen LogP contribution in [-0.4, -0.2) is 35.0 Å². The van der Waals surface area contributed by atoms with Gasteiger partial charge in [-0.3, -0.25) is 4.79 Å². The summed E-state index contributed by atoms with van der Waals surface area (Å²) in [5, 5.41) is 12.3. The number of aliphatic carboxylic acids is 1. The molecule has 0 fully saturated rings. The van der Waals surface area contributed by atoms with Gasteiger partial charge in [-0.2, -0.15) is 11.8 Å². The second kappa shape index (κ2) is 14.9. The largest absolute Gasteiger partial charge is 1.00 e. The third kappa shape index (κ3) is 7.89. The number of benzene rings is 3. The number of ether oxygens (including phenoxy) is 1. The average molecular weight is 556 g/mol. The van der Waals surface area contributed by atoms with Gasteiger partial charge in [-0.1, -0.05) is 42.5 Å². The number of carboxylic acid groups (broad SMARTS) is 1. The van der Waals surface area contributed by atoms with Crippen LogP contribution in [0.1, 0.15) is 35.1 Å². The van der Waals surface area contributed by atoms with E-state index in [2.05, 4.69) is 5.32 Å². The van der Waals surface area contributed by atoms with Gasteiger partial charge in [-0.25, -0.2) is 9.18 Å². The number of nitrogens with one attached hydrogen (secondary N) is 1. The first-order valence-electron chi connectivity index (χ1n) is 12.5. The van der Waals surface area contributed by atoms with Gasteiger partial charge in [-0.15, -0.1) is 0 Å². The van der Waals surface area contributed by atoms with Crippen LogP contribution in [0.3, 0.4) is 0 Å². The van der Waals surface area contributed by atoms with Crippen LogP contribution in [0.4, 0.5) is 4.39 Å². The van der Waals surface area contributed by atoms with Crippen LogP contribution >= 0.6 is 11.8 Å². The predicted molar refractivity (Wildman–Crippen MR) is 152 cm³/mol. The van der Waals surface area contributed by atoms with E-state index in [0.29, 0.717) is 40.4 Å². The second-order valence-electron chi connectivity index (χ2n) is 9.08. The van der Waals surface area contributed by atoms with E-state index in [0.717, 1.165) is 16.7 Å². The molecule has 9 heteroatoms. The van der Waals surface area contributed by atoms with Crippen molar-refractivity contribution in [2.75, 3.05) is 12.0 Å². The monoisotopic (exact) mass is 555 g/mol. The van der Waals surface area contributed by atoms with Gasteiger partial charge in [0.1, 0.15) is 30.0 Å². The molecule has 1 unspecified atom stereocenters. The zero-order chi connectivity index (χ0) is 27.8. The molecular weight excluding hydrogens is 524 g/mol. The second-order valence-corrected chi connectivity index (χ2v) is 10.1. The quantitative estimate of drug-likeness (QED) is 0.259. The molecule has 0 aliphatic carbocycles. The first-order chi connectivity index (χ1) is 18.9. The zero-order valence-electron chi connectivity index (χ0n) is 23.8. The summed E-state index contributed by atoms with van der Waals surface area (Å²) in [5.41, 5.74) is 4.17. The third-order valence-electron chi connectivity index (χ3n) is 6.29. The summed E-state index contributed by atoms with van der Waals surface area (Å²) >= 11 is 1.53. The fourth-order valence-corrected chi connectivity index (χ4v) is 4.71. The van der Waals surface area contributed by atoms with Crippen molar-refractivity contribution in [3.8, 4) is 22.5 Å². The topological polar surface area (TPSA) is 88.8 Å². The van der Waals surface area contributed by atoms with E-state index < -0.39 is 17.9 Å². The molecule has 0 bridgehead atoms. The van der Waals surface area contributed by atoms with Gasteiger partial charge in [0, 0.05) is 5.56 Å². The Labute approximate surface area is 251 Å². The van der Waals surface area contributed by atoms with E-state index in [1.807, 2.05) is 43.5 Å². The molecule has 2 N–H and O–H groups in total. The van der Waals surface area contributed by atoms with Gasteiger partial charge < -0.3 is 21.0 Å². The minimum Gasteiger partial charge on any atom is -1.00 e. The number of thioether (sulfide) groups is 1. The molecular formula is C31H31FLiNO5S. The number of carbonyl (C=O) groups excluding carboxylic acids is 1. The molecule has 204 valence electrons. The van der Waals surface area contributed by atoms with E-state index in [4.69, 9.17) is 9.15 Å². The van der Waals surface area contributed by atoms with Crippen LogP contribution in [0.5, 0.6) is 0 Å². The van der Waals surface area contributed by atoms with Crippen LogP contribution in [0.25, 0.3) is 22.5 Å². The maximum Gasteiger partial charge on any atom is 1.00 e. The van der Waals surface area contributed by atoms with Gasteiger partial charge >= 0.3 is 24.8 Å². The summed E-state index contributed by atoms with van der Waals surface area (Å²) in [4.78, 5) is 24.9. The van der Waals surface area contributed by atoms with Crippen LogP contribution in [-0.2, 0) is 22.7 Å². The van der Waals surface area contributed by atoms with E-state index >= 15 is 0 Å². The molecule has 0 saturated carbocycles. The minimum absolute atomic E-state index is 0. The third-order valence-corrected chi connectivity index (χ3v) is 6.94. The van der Waals surface area contributed by atoms with Crippen molar-refractivity contribution < 1.29 is 48.5 Å². The predicted octanol–water partition coefficient (Wildman–Crippen LogP) is 3.83. The van der Waals surface area contributed by atoms with E-state index in [-0.39, 0.29) is 39.3 Å². The van der Waals surface area contributed by atoms with Gasteiger partial charge in [-0.05, 0) is 84.0 Å². The fraction of sp³-hybridized carbons (Fsp3) is 0.226. The average Bonchev–Trinajstić information content (AvgIpc) is 3.40. The van der Waals surface area contributed by atoms with Crippen LogP contribution in [0.15, 0.2) is 83.3 Å². The van der Waals surface area contributed by atoms with Crippen molar-refractivity contribution in [2.45, 2.75) is 32.6 Å². The summed E-state index contributed by atoms with van der Waals surface area (Å²) in [7, 11) is 0. The molecule has 4 rings (SSSR count). The molecule has 1 heterocycles. The number of halogens is 1. The Hall–Kier alpha value is -3.28. The summed E-state index contributed by atoms with van der Waals surface area (Å²) < 4.78 is 25.7. The van der Waals surface area contributed by atoms with Gasteiger partial charge in [0.2, 0.25) is 0 Å². The van der Waals surface area contributed by atoms with Crippen molar-refractivity contribution in [2.24, 2.45) is 0 Å². The van der Waals surface area contributed by atoms with Crippen molar-refractivity contribution in [1.29, 1.82) is 0 Å². The Morgan fingerprint density at radius 2 is 1.73 bits per heavy atom. The molecule has 4 aromatic rings. The summed E-state index contributed by atoms with van der Waals surface area (Å²) in [6.45, 7) is 2.40. The Bertz CT molecular complexity index is 1460. The number of amides is 1. The fourth-order valence-electron chi connectivity index (χ4n) is 4.24. The zero-order valence-corrected chi connectivity index (χ0v) is 23.6. The molecule has 1 aromatic heterocycles. The van der Waals surface area contributed by atoms with Gasteiger partial charge in [0.05, 0.1) is 12.2 Å². The number of hydrogen-bond acceptors (Lipinski definition) is 5. The first kappa shape index (κ1) is 31.2. The van der Waals surface area contributed by atoms with E-state index in [9.17, 15) is 19.1 Å². The van der Waals surface area contributed by atoms with Crippen LogP contribution < -0.4 is 24.2 Å². The summed E-state index contributed by atoms with van der Waals surface area (Å²) in [6.07, 6.45) is 2.23. The summed E-state index contributed by atoms with van der Waals surface area (Å²) in [5.74, 6) is -0.239. The molecule has 0 saturated heterocycles. The number of aryl methyl sites for hydroxylation is 1. The van der Waals surface area contributed by atoms with Crippen LogP contribution in [0, 0.1) is 12.7 Å². The maximum atomic E-state index is 14.1. The molecule has 6 nitrogen and oxygen atoms in total. The van der Waals surface area contributed by atoms with Crippen molar-refractivity contribution >= 4 is 23.6 Å². The Morgan fingerprint density at radius 3 is 2.42 bits per heavy atom. The molecule has 3 aromatic carbocycles. The molecule has 0 aliphatic rings. The van der Waals surface area contributed by atoms with E-state index in [1.54, 1.807) is 42.5 Å². The SMILES string of the molecule is CSCCC(NC(=O)c1ccc(COCc2ccc(-c3ccccc3F)o2)cc1-c1ccccc1C)C(=O)O.[H-].[Li+]. The minimum atomic E-state index is -1.06. The Morgan fingerprint density at radius 1 is 1.00 bits per heavy atom. The molecule has 0 radical (unpaired) electrons. The van der Waals surface area contributed by atoms with Crippen LogP contribution in [0.2, 0.25) is 0 Å². The standard InChI is InChI=1S/C31H30FNO5S.Li.H/c1-20-7-3-4-8-23(20)26-17-21(11-13-24(26)30(34)33-28(31(35)36)15-16-39-2)18-37-19-22-12-14-29(38-22)25-9-5-6-10-27(25)32;;/h3-14,17,28H,15-16,18-19H2,1-2H3,(H,33,34)(H,35,36);;/q;+1;-1. The van der Waals surface area contributed by atoms with Crippen molar-refractivity contribution in [3.63, 3.8) is 0 Å². The Kier molecular flexibility index (Phi) is 11.7. The molecule has 0 aliphatic heterocycles. The number of rotatable bonds is 12. The van der Waals surface area contributed by atoms with Gasteiger partial charge in [0.15, 0.2) is 0 Å². The number of furan rings is 1. The molecule has 0 spiro atoms. The van der Waals surface area contributed by atoms with Crippen molar-refractivity contribution in [3.05, 3.63) is 107 Å². The molecule has 1 amide bonds. The number of hydrogen-bond donors (Lipinski definition) is 2. The smallest absolute Gasteiger partial charge is 1.00 e. The maximum absolute atomic E-state index is 14.1. The molecule has 40 heavy (non-hydrogen) atoms. The van der Waals surface area contributed by atoms with Crippen molar-refractivity contribution in [1.82, 2.24) is 5.32 Å². The number of carboxylic acids is 1. The van der Waals surface area contributed by atoms with Gasteiger partial charge in [0.25, 0.3) is 5.91 Å². The Balaban J connectivity index is 0.00000294. The van der Waals surface area contributed by atoms with E-state index in [1.165, 1.54) is 17.8 Å². The summed E-state index contributed by atoms with van der Waals surface area (Å²) in [6, 6.07) is 22.0. The first-order valence-corrected chi connectivity index (χ1v) is 13.9. The molecule has 1 atom stereocenters. The normalized spacial score (nSPS) is 11.5. The number of carbonyl (C=O) groups is 2.